The van der Waals surface area contributed by atoms with E-state index in [0.717, 1.165) is 28.3 Å². The van der Waals surface area contributed by atoms with Gasteiger partial charge in [-0.15, -0.1) is 0 Å². The molecule has 1 unspecified atom stereocenters. The van der Waals surface area contributed by atoms with Gasteiger partial charge in [0.1, 0.15) is 5.75 Å². The van der Waals surface area contributed by atoms with Crippen LogP contribution in [-0.4, -0.2) is 19.1 Å². The van der Waals surface area contributed by atoms with E-state index >= 15 is 0 Å². The summed E-state index contributed by atoms with van der Waals surface area (Å²) in [5.41, 5.74) is 8.27. The third-order valence-electron chi connectivity index (χ3n) is 4.53. The molecular formula is C20H24ClN3O. The van der Waals surface area contributed by atoms with E-state index in [9.17, 15) is 0 Å². The summed E-state index contributed by atoms with van der Waals surface area (Å²) in [5.74, 6) is 1.37. The van der Waals surface area contributed by atoms with Crippen molar-refractivity contribution in [2.75, 3.05) is 13.2 Å². The predicted octanol–water partition coefficient (Wildman–Crippen LogP) is 4.05. The Morgan fingerprint density at radius 3 is 2.88 bits per heavy atom. The Morgan fingerprint density at radius 2 is 2.08 bits per heavy atom. The standard InChI is InChI=1S/C20H24ClN3O/c1-20(2,14-6-5-7-15(21)12-14)13-23-19(22)24-17-10-11-25-18-9-4-3-8-16(17)18/h3-9,12,17H,10-11,13H2,1-2H3,(H3,22,23,24). The van der Waals surface area contributed by atoms with Gasteiger partial charge in [0.05, 0.1) is 19.2 Å². The Labute approximate surface area is 154 Å². The number of hydrogen-bond donors (Lipinski definition) is 2. The number of hydrogen-bond acceptors (Lipinski definition) is 2. The second-order valence-electron chi connectivity index (χ2n) is 6.97. The first-order chi connectivity index (χ1) is 12.0. The van der Waals surface area contributed by atoms with Gasteiger partial charge in [-0.1, -0.05) is 55.8 Å². The molecule has 0 aromatic heterocycles. The van der Waals surface area contributed by atoms with Crippen molar-refractivity contribution in [3.8, 4) is 5.75 Å². The van der Waals surface area contributed by atoms with Crippen LogP contribution >= 0.6 is 11.6 Å². The summed E-state index contributed by atoms with van der Waals surface area (Å²) < 4.78 is 5.69. The average molecular weight is 358 g/mol. The van der Waals surface area contributed by atoms with Crippen LogP contribution in [0.5, 0.6) is 5.75 Å². The second-order valence-corrected chi connectivity index (χ2v) is 7.40. The molecular weight excluding hydrogens is 334 g/mol. The molecule has 1 aliphatic rings. The zero-order valence-electron chi connectivity index (χ0n) is 14.6. The van der Waals surface area contributed by atoms with Gasteiger partial charge in [-0.05, 0) is 23.8 Å². The van der Waals surface area contributed by atoms with E-state index in [-0.39, 0.29) is 11.5 Å². The number of rotatable bonds is 4. The highest BCUT2D eigenvalue weighted by Crippen LogP contribution is 2.31. The average Bonchev–Trinajstić information content (AvgIpc) is 2.60. The lowest BCUT2D eigenvalue weighted by atomic mass is 9.85. The lowest BCUT2D eigenvalue weighted by Gasteiger charge is -2.28. The Kier molecular flexibility index (Phi) is 5.19. The minimum absolute atomic E-state index is 0.128. The molecule has 3 N–H and O–H groups in total. The Bertz CT molecular complexity index is 773. The number of nitrogens with two attached hydrogens (primary N) is 1. The number of halogens is 1. The molecule has 0 fully saturated rings. The quantitative estimate of drug-likeness (QED) is 0.641. The van der Waals surface area contributed by atoms with Gasteiger partial charge in [0.2, 0.25) is 0 Å². The van der Waals surface area contributed by atoms with Crippen molar-refractivity contribution in [1.29, 1.82) is 0 Å². The van der Waals surface area contributed by atoms with Crippen LogP contribution in [0.15, 0.2) is 53.5 Å². The van der Waals surface area contributed by atoms with E-state index in [4.69, 9.17) is 22.1 Å². The van der Waals surface area contributed by atoms with E-state index in [1.807, 2.05) is 36.4 Å². The molecule has 2 aromatic rings. The van der Waals surface area contributed by atoms with Gasteiger partial charge in [0.25, 0.3) is 0 Å². The highest BCUT2D eigenvalue weighted by molar-refractivity contribution is 6.30. The second kappa shape index (κ2) is 7.36. The maximum atomic E-state index is 6.15. The van der Waals surface area contributed by atoms with E-state index in [1.54, 1.807) is 0 Å². The highest BCUT2D eigenvalue weighted by atomic mass is 35.5. The Balaban J connectivity index is 1.68. The number of fused-ring (bicyclic) bond motifs is 1. The summed E-state index contributed by atoms with van der Waals surface area (Å²) in [7, 11) is 0. The fourth-order valence-corrected chi connectivity index (χ4v) is 3.19. The number of ether oxygens (including phenoxy) is 1. The summed E-state index contributed by atoms with van der Waals surface area (Å²) >= 11 is 6.11. The number of aliphatic imine (C=N–C) groups is 1. The van der Waals surface area contributed by atoms with Crippen LogP contribution in [0.2, 0.25) is 5.02 Å². The van der Waals surface area contributed by atoms with Gasteiger partial charge >= 0.3 is 0 Å². The molecule has 0 spiro atoms. The summed E-state index contributed by atoms with van der Waals surface area (Å²) in [6.45, 7) is 5.53. The van der Waals surface area contributed by atoms with Crippen LogP contribution in [-0.2, 0) is 5.41 Å². The number of nitrogens with zero attached hydrogens (tertiary/aromatic N) is 1. The molecule has 0 amide bonds. The van der Waals surface area contributed by atoms with Gasteiger partial charge < -0.3 is 15.8 Å². The Hall–Kier alpha value is -2.20. The topological polar surface area (TPSA) is 59.6 Å². The summed E-state index contributed by atoms with van der Waals surface area (Å²) in [6, 6.07) is 16.1. The lowest BCUT2D eigenvalue weighted by molar-refractivity contribution is 0.262. The van der Waals surface area contributed by atoms with Crippen LogP contribution in [0, 0.1) is 0 Å². The van der Waals surface area contributed by atoms with Crippen LogP contribution < -0.4 is 15.8 Å². The number of para-hydroxylation sites is 1. The largest absolute Gasteiger partial charge is 0.493 e. The molecule has 3 rings (SSSR count). The summed E-state index contributed by atoms with van der Waals surface area (Å²) in [6.07, 6.45) is 0.866. The van der Waals surface area contributed by atoms with E-state index < -0.39 is 0 Å². The van der Waals surface area contributed by atoms with Crippen LogP contribution in [0.3, 0.4) is 0 Å². The monoisotopic (exact) mass is 357 g/mol. The van der Waals surface area contributed by atoms with Crippen molar-refractivity contribution in [1.82, 2.24) is 5.32 Å². The minimum atomic E-state index is -0.148. The van der Waals surface area contributed by atoms with Crippen molar-refractivity contribution in [2.45, 2.75) is 31.7 Å². The maximum absolute atomic E-state index is 6.15. The van der Waals surface area contributed by atoms with E-state index in [0.29, 0.717) is 19.1 Å². The molecule has 0 bridgehead atoms. The molecule has 0 saturated carbocycles. The number of benzene rings is 2. The van der Waals surface area contributed by atoms with Gasteiger partial charge in [0, 0.05) is 22.4 Å². The van der Waals surface area contributed by atoms with Gasteiger partial charge in [-0.3, -0.25) is 4.99 Å². The number of nitrogens with one attached hydrogen (secondary N) is 1. The molecule has 132 valence electrons. The van der Waals surface area contributed by atoms with E-state index in [1.165, 1.54) is 0 Å². The highest BCUT2D eigenvalue weighted by Gasteiger charge is 2.23. The summed E-state index contributed by atoms with van der Waals surface area (Å²) in [4.78, 5) is 4.57. The van der Waals surface area contributed by atoms with Gasteiger partial charge in [0.15, 0.2) is 5.96 Å². The molecule has 5 heteroatoms. The van der Waals surface area contributed by atoms with Crippen LogP contribution in [0.1, 0.15) is 37.4 Å². The normalized spacial score (nSPS) is 17.6. The Morgan fingerprint density at radius 1 is 1.28 bits per heavy atom. The molecule has 0 saturated heterocycles. The molecule has 1 aliphatic heterocycles. The fraction of sp³-hybridized carbons (Fsp3) is 0.350. The van der Waals surface area contributed by atoms with Crippen LogP contribution in [0.4, 0.5) is 0 Å². The van der Waals surface area contributed by atoms with Crippen molar-refractivity contribution in [2.24, 2.45) is 10.7 Å². The lowest BCUT2D eigenvalue weighted by Crippen LogP contribution is -2.38. The first-order valence-corrected chi connectivity index (χ1v) is 8.88. The SMILES string of the molecule is CC(C)(CN=C(N)NC1CCOc2ccccc21)c1cccc(Cl)c1. The smallest absolute Gasteiger partial charge is 0.189 e. The zero-order valence-corrected chi connectivity index (χ0v) is 15.4. The third kappa shape index (κ3) is 4.26. The van der Waals surface area contributed by atoms with Gasteiger partial charge in [-0.25, -0.2) is 0 Å². The zero-order chi connectivity index (χ0) is 17.9. The predicted molar refractivity (Wildman–Crippen MR) is 103 cm³/mol. The van der Waals surface area contributed by atoms with Gasteiger partial charge in [-0.2, -0.15) is 0 Å². The van der Waals surface area contributed by atoms with Crippen molar-refractivity contribution >= 4 is 17.6 Å². The first-order valence-electron chi connectivity index (χ1n) is 8.50. The fourth-order valence-electron chi connectivity index (χ4n) is 3.00. The molecule has 1 atom stereocenters. The van der Waals surface area contributed by atoms with Crippen molar-refractivity contribution in [3.05, 3.63) is 64.7 Å². The van der Waals surface area contributed by atoms with Crippen molar-refractivity contribution in [3.63, 3.8) is 0 Å². The molecule has 0 aliphatic carbocycles. The van der Waals surface area contributed by atoms with Crippen molar-refractivity contribution < 1.29 is 4.74 Å². The molecule has 4 nitrogen and oxygen atoms in total. The molecule has 25 heavy (non-hydrogen) atoms. The first kappa shape index (κ1) is 17.6. The molecule has 2 aromatic carbocycles. The maximum Gasteiger partial charge on any atom is 0.189 e. The number of guanidine groups is 1. The van der Waals surface area contributed by atoms with E-state index in [2.05, 4.69) is 36.3 Å². The molecule has 1 heterocycles. The van der Waals surface area contributed by atoms with Crippen LogP contribution in [0.25, 0.3) is 0 Å². The minimum Gasteiger partial charge on any atom is -0.493 e. The summed E-state index contributed by atoms with van der Waals surface area (Å²) in [5, 5.41) is 4.07. The molecule has 0 radical (unpaired) electrons. The third-order valence-corrected chi connectivity index (χ3v) is 4.77.